The molecule has 1 N–H and O–H groups in total. The van der Waals surface area contributed by atoms with Gasteiger partial charge in [-0.15, -0.1) is 0 Å². The molecular weight excluding hydrogens is 250 g/mol. The van der Waals surface area contributed by atoms with Crippen molar-refractivity contribution in [3.8, 4) is 5.75 Å². The lowest BCUT2D eigenvalue weighted by molar-refractivity contribution is -0.103. The van der Waals surface area contributed by atoms with Crippen LogP contribution < -0.4 is 4.74 Å². The Hall–Kier alpha value is -1.06. The Kier molecular flexibility index (Phi) is 5.06. The third-order valence-corrected chi connectivity index (χ3v) is 3.97. The van der Waals surface area contributed by atoms with Crippen LogP contribution in [0.1, 0.15) is 37.3 Å². The van der Waals surface area contributed by atoms with Gasteiger partial charge in [0.1, 0.15) is 5.75 Å². The van der Waals surface area contributed by atoms with Crippen LogP contribution in [0.25, 0.3) is 0 Å². The van der Waals surface area contributed by atoms with E-state index in [0.717, 1.165) is 51.3 Å². The van der Waals surface area contributed by atoms with Crippen LogP contribution >= 0.6 is 0 Å². The van der Waals surface area contributed by atoms with Crippen LogP contribution in [-0.2, 0) is 0 Å². The van der Waals surface area contributed by atoms with Gasteiger partial charge in [0.05, 0.1) is 12.2 Å². The maximum Gasteiger partial charge on any atom is 0.122 e. The topological polar surface area (TPSA) is 32.7 Å². The lowest BCUT2D eigenvalue weighted by Crippen LogP contribution is -2.61. The first-order chi connectivity index (χ1) is 9.52. The van der Waals surface area contributed by atoms with E-state index in [1.54, 1.807) is 0 Å². The standard InChI is InChI=1S/C17H27NO2/c1-4-8-17(19)12-18(13-17)9-5-10-20-16-11-14(2)6-7-15(16)3/h6-7,11,19H,4-5,8-10,12-13H2,1-3H3. The number of hydrogen-bond acceptors (Lipinski definition) is 3. The Balaban J connectivity index is 1.64. The number of aryl methyl sites for hydroxylation is 2. The zero-order chi connectivity index (χ0) is 14.6. The second-order valence-corrected chi connectivity index (χ2v) is 6.16. The number of benzene rings is 1. The van der Waals surface area contributed by atoms with E-state index in [-0.39, 0.29) is 0 Å². The summed E-state index contributed by atoms with van der Waals surface area (Å²) in [6, 6.07) is 6.31. The summed E-state index contributed by atoms with van der Waals surface area (Å²) >= 11 is 0. The molecule has 1 fully saturated rings. The molecule has 0 radical (unpaired) electrons. The molecule has 0 atom stereocenters. The van der Waals surface area contributed by atoms with Crippen molar-refractivity contribution in [2.45, 2.75) is 45.6 Å². The number of hydrogen-bond donors (Lipinski definition) is 1. The summed E-state index contributed by atoms with van der Waals surface area (Å²) in [5, 5.41) is 10.1. The lowest BCUT2D eigenvalue weighted by atomic mass is 9.89. The first-order valence-corrected chi connectivity index (χ1v) is 7.67. The number of ether oxygens (including phenoxy) is 1. The van der Waals surface area contributed by atoms with Crippen LogP contribution in [0.2, 0.25) is 0 Å². The predicted molar refractivity (Wildman–Crippen MR) is 82.3 cm³/mol. The highest BCUT2D eigenvalue weighted by Crippen LogP contribution is 2.25. The smallest absolute Gasteiger partial charge is 0.122 e. The molecule has 0 bridgehead atoms. The third kappa shape index (κ3) is 3.97. The zero-order valence-electron chi connectivity index (χ0n) is 13.0. The molecule has 3 nitrogen and oxygen atoms in total. The van der Waals surface area contributed by atoms with Crippen molar-refractivity contribution >= 4 is 0 Å². The maximum absolute atomic E-state index is 10.1. The van der Waals surface area contributed by atoms with Gasteiger partial charge in [-0.3, -0.25) is 4.90 Å². The van der Waals surface area contributed by atoms with Gasteiger partial charge in [-0.25, -0.2) is 0 Å². The van der Waals surface area contributed by atoms with Crippen molar-refractivity contribution in [3.05, 3.63) is 29.3 Å². The SMILES string of the molecule is CCCC1(O)CN(CCCOc2cc(C)ccc2C)C1. The average molecular weight is 277 g/mol. The number of rotatable bonds is 7. The Bertz CT molecular complexity index is 439. The summed E-state index contributed by atoms with van der Waals surface area (Å²) in [6.45, 7) is 9.69. The van der Waals surface area contributed by atoms with Crippen LogP contribution in [0, 0.1) is 13.8 Å². The summed E-state index contributed by atoms with van der Waals surface area (Å²) in [7, 11) is 0. The Morgan fingerprint density at radius 1 is 1.30 bits per heavy atom. The van der Waals surface area contributed by atoms with Gasteiger partial charge >= 0.3 is 0 Å². The van der Waals surface area contributed by atoms with Crippen LogP contribution in [-0.4, -0.2) is 41.8 Å². The normalized spacial score (nSPS) is 17.8. The molecule has 0 unspecified atom stereocenters. The highest BCUT2D eigenvalue weighted by molar-refractivity contribution is 5.35. The summed E-state index contributed by atoms with van der Waals surface area (Å²) in [5.74, 6) is 0.996. The Morgan fingerprint density at radius 2 is 2.05 bits per heavy atom. The van der Waals surface area contributed by atoms with E-state index in [2.05, 4.69) is 43.9 Å². The van der Waals surface area contributed by atoms with Crippen molar-refractivity contribution in [1.82, 2.24) is 4.90 Å². The Labute approximate surface area is 122 Å². The molecule has 3 heteroatoms. The average Bonchev–Trinajstić information content (AvgIpc) is 2.36. The molecule has 0 aliphatic carbocycles. The first kappa shape index (κ1) is 15.3. The van der Waals surface area contributed by atoms with Gasteiger partial charge in [0, 0.05) is 19.6 Å². The summed E-state index contributed by atoms with van der Waals surface area (Å²) in [4.78, 5) is 2.31. The molecule has 2 rings (SSSR count). The molecule has 1 aromatic carbocycles. The van der Waals surface area contributed by atoms with Gasteiger partial charge in [0.2, 0.25) is 0 Å². The van der Waals surface area contributed by atoms with Crippen LogP contribution in [0.3, 0.4) is 0 Å². The zero-order valence-corrected chi connectivity index (χ0v) is 13.0. The van der Waals surface area contributed by atoms with E-state index in [1.807, 2.05) is 0 Å². The van der Waals surface area contributed by atoms with E-state index >= 15 is 0 Å². The molecule has 20 heavy (non-hydrogen) atoms. The van der Waals surface area contributed by atoms with Gasteiger partial charge in [-0.1, -0.05) is 25.5 Å². The highest BCUT2D eigenvalue weighted by atomic mass is 16.5. The van der Waals surface area contributed by atoms with Crippen molar-refractivity contribution in [2.24, 2.45) is 0 Å². The van der Waals surface area contributed by atoms with Crippen LogP contribution in [0.15, 0.2) is 18.2 Å². The van der Waals surface area contributed by atoms with Crippen molar-refractivity contribution < 1.29 is 9.84 Å². The summed E-state index contributed by atoms with van der Waals surface area (Å²) in [6.07, 6.45) is 2.98. The van der Waals surface area contributed by atoms with Crippen molar-refractivity contribution in [3.63, 3.8) is 0 Å². The second kappa shape index (κ2) is 6.59. The second-order valence-electron chi connectivity index (χ2n) is 6.16. The maximum atomic E-state index is 10.1. The summed E-state index contributed by atoms with van der Waals surface area (Å²) < 4.78 is 5.85. The van der Waals surface area contributed by atoms with E-state index < -0.39 is 5.60 Å². The Morgan fingerprint density at radius 3 is 2.75 bits per heavy atom. The number of β-amino-alcohol motifs (C(OH)–C–C–N with tert-alkyl or cyclic N) is 1. The molecule has 0 saturated carbocycles. The number of aliphatic hydroxyl groups is 1. The molecule has 1 aromatic rings. The van der Waals surface area contributed by atoms with E-state index in [9.17, 15) is 5.11 Å². The molecule has 0 spiro atoms. The van der Waals surface area contributed by atoms with Crippen LogP contribution in [0.5, 0.6) is 5.75 Å². The van der Waals surface area contributed by atoms with E-state index in [0.29, 0.717) is 0 Å². The largest absolute Gasteiger partial charge is 0.493 e. The van der Waals surface area contributed by atoms with Gasteiger partial charge in [-0.2, -0.15) is 0 Å². The fourth-order valence-corrected chi connectivity index (χ4v) is 2.90. The van der Waals surface area contributed by atoms with Crippen LogP contribution in [0.4, 0.5) is 0 Å². The molecule has 0 aromatic heterocycles. The fourth-order valence-electron chi connectivity index (χ4n) is 2.90. The molecule has 1 aliphatic rings. The minimum Gasteiger partial charge on any atom is -0.493 e. The molecule has 0 amide bonds. The molecule has 112 valence electrons. The first-order valence-electron chi connectivity index (χ1n) is 7.67. The predicted octanol–water partition coefficient (Wildman–Crippen LogP) is 2.92. The van der Waals surface area contributed by atoms with Gasteiger partial charge in [0.25, 0.3) is 0 Å². The molecular formula is C17H27NO2. The van der Waals surface area contributed by atoms with E-state index in [1.165, 1.54) is 11.1 Å². The molecule has 1 aliphatic heterocycles. The van der Waals surface area contributed by atoms with E-state index in [4.69, 9.17) is 4.74 Å². The van der Waals surface area contributed by atoms with Gasteiger partial charge < -0.3 is 9.84 Å². The molecule has 1 saturated heterocycles. The van der Waals surface area contributed by atoms with Gasteiger partial charge in [0.15, 0.2) is 0 Å². The number of likely N-dealkylation sites (tertiary alicyclic amines) is 1. The highest BCUT2D eigenvalue weighted by Gasteiger charge is 2.39. The van der Waals surface area contributed by atoms with Crippen molar-refractivity contribution in [2.75, 3.05) is 26.2 Å². The quantitative estimate of drug-likeness (QED) is 0.778. The minimum atomic E-state index is -0.414. The third-order valence-electron chi connectivity index (χ3n) is 3.97. The minimum absolute atomic E-state index is 0.414. The molecule has 1 heterocycles. The van der Waals surface area contributed by atoms with Gasteiger partial charge in [-0.05, 0) is 43.9 Å². The van der Waals surface area contributed by atoms with Crippen molar-refractivity contribution in [1.29, 1.82) is 0 Å². The number of nitrogens with zero attached hydrogens (tertiary/aromatic N) is 1. The fraction of sp³-hybridized carbons (Fsp3) is 0.647. The monoisotopic (exact) mass is 277 g/mol. The lowest BCUT2D eigenvalue weighted by Gasteiger charge is -2.46. The summed E-state index contributed by atoms with van der Waals surface area (Å²) in [5.41, 5.74) is 2.01.